The molecule has 5 heteroatoms. The topological polar surface area (TPSA) is 56.7 Å². The molecule has 0 spiro atoms. The van der Waals surface area contributed by atoms with E-state index in [0.717, 1.165) is 60.7 Å². The molecular formula is C51H30N4O. The molecule has 56 heavy (non-hydrogen) atoms. The second-order valence-corrected chi connectivity index (χ2v) is 14.4. The van der Waals surface area contributed by atoms with Crippen molar-refractivity contribution >= 4 is 76.1 Å². The zero-order valence-electron chi connectivity index (χ0n) is 30.0. The van der Waals surface area contributed by atoms with Crippen molar-refractivity contribution in [2.24, 2.45) is 0 Å². The first-order valence-corrected chi connectivity index (χ1v) is 18.9. The Bertz CT molecular complexity index is 3440. The van der Waals surface area contributed by atoms with Gasteiger partial charge in [0.15, 0.2) is 17.5 Å². The van der Waals surface area contributed by atoms with E-state index in [4.69, 9.17) is 19.4 Å². The highest BCUT2D eigenvalue weighted by atomic mass is 16.3. The van der Waals surface area contributed by atoms with E-state index >= 15 is 0 Å². The summed E-state index contributed by atoms with van der Waals surface area (Å²) in [5, 5.41) is 12.0. The molecule has 0 fully saturated rings. The highest BCUT2D eigenvalue weighted by Crippen LogP contribution is 2.41. The van der Waals surface area contributed by atoms with Gasteiger partial charge in [-0.15, -0.1) is 0 Å². The second-order valence-electron chi connectivity index (χ2n) is 14.4. The number of fused-ring (bicyclic) bond motifs is 12. The van der Waals surface area contributed by atoms with E-state index in [9.17, 15) is 0 Å². The van der Waals surface area contributed by atoms with Crippen molar-refractivity contribution in [2.75, 3.05) is 0 Å². The van der Waals surface area contributed by atoms with E-state index in [-0.39, 0.29) is 0 Å². The van der Waals surface area contributed by atoms with Gasteiger partial charge in [-0.05, 0) is 74.8 Å². The number of para-hydroxylation sites is 1. The predicted octanol–water partition coefficient (Wildman–Crippen LogP) is 13.3. The Morgan fingerprint density at radius 2 is 0.804 bits per heavy atom. The largest absolute Gasteiger partial charge is 0.456 e. The summed E-state index contributed by atoms with van der Waals surface area (Å²) < 4.78 is 9.09. The van der Waals surface area contributed by atoms with Crippen LogP contribution in [0, 0.1) is 0 Å². The van der Waals surface area contributed by atoms with Crippen molar-refractivity contribution in [1.29, 1.82) is 0 Å². The van der Waals surface area contributed by atoms with Gasteiger partial charge < -0.3 is 8.98 Å². The van der Waals surface area contributed by atoms with Crippen molar-refractivity contribution < 1.29 is 4.42 Å². The van der Waals surface area contributed by atoms with Crippen LogP contribution in [0.25, 0.3) is 116 Å². The minimum absolute atomic E-state index is 0.597. The van der Waals surface area contributed by atoms with Crippen LogP contribution in [0.2, 0.25) is 0 Å². The molecule has 0 saturated carbocycles. The molecule has 3 aromatic heterocycles. The van der Waals surface area contributed by atoms with Crippen LogP contribution in [0.3, 0.4) is 0 Å². The summed E-state index contributed by atoms with van der Waals surface area (Å²) in [4.78, 5) is 14.8. The molecule has 5 nitrogen and oxygen atoms in total. The molecule has 0 bridgehead atoms. The Kier molecular flexibility index (Phi) is 6.56. The number of aromatic nitrogens is 4. The standard InChI is InChI=1S/C51H30N4O/c1-3-13-31(14-4-1)49-52-50(32-15-5-2-6-16-32)54-51(53-49)33-23-25-41-44-29-46-43(30-48(44)56-47(41)27-33)40-21-11-12-22-45(40)55(46)34-24-26-39-37-19-8-7-17-35(37)36-18-9-10-20-38(36)42(39)28-34/h1-30H. The van der Waals surface area contributed by atoms with E-state index < -0.39 is 0 Å². The van der Waals surface area contributed by atoms with E-state index in [0.29, 0.717) is 17.5 Å². The molecule has 12 rings (SSSR count). The minimum Gasteiger partial charge on any atom is -0.456 e. The third kappa shape index (κ3) is 4.64. The Balaban J connectivity index is 1.06. The van der Waals surface area contributed by atoms with Crippen molar-refractivity contribution in [2.45, 2.75) is 0 Å². The number of hydrogen-bond acceptors (Lipinski definition) is 4. The molecule has 0 atom stereocenters. The monoisotopic (exact) mass is 714 g/mol. The number of nitrogens with zero attached hydrogens (tertiary/aromatic N) is 4. The van der Waals surface area contributed by atoms with Gasteiger partial charge in [-0.1, -0.05) is 140 Å². The maximum atomic E-state index is 6.68. The lowest BCUT2D eigenvalue weighted by molar-refractivity contribution is 0.669. The van der Waals surface area contributed by atoms with Gasteiger partial charge in [0.1, 0.15) is 11.2 Å². The van der Waals surface area contributed by atoms with Crippen LogP contribution < -0.4 is 0 Å². The fourth-order valence-corrected chi connectivity index (χ4v) is 8.63. The van der Waals surface area contributed by atoms with Gasteiger partial charge >= 0.3 is 0 Å². The van der Waals surface area contributed by atoms with Crippen LogP contribution in [0.4, 0.5) is 0 Å². The fraction of sp³-hybridized carbons (Fsp3) is 0. The molecular weight excluding hydrogens is 685 g/mol. The quantitative estimate of drug-likeness (QED) is 0.170. The molecule has 0 aliphatic heterocycles. The first-order valence-electron chi connectivity index (χ1n) is 18.9. The zero-order chi connectivity index (χ0) is 36.7. The third-order valence-electron chi connectivity index (χ3n) is 11.2. The molecule has 0 saturated heterocycles. The van der Waals surface area contributed by atoms with Crippen LogP contribution >= 0.6 is 0 Å². The van der Waals surface area contributed by atoms with Crippen molar-refractivity contribution in [3.05, 3.63) is 182 Å². The summed E-state index contributed by atoms with van der Waals surface area (Å²) in [6.07, 6.45) is 0. The van der Waals surface area contributed by atoms with E-state index in [1.54, 1.807) is 0 Å². The summed E-state index contributed by atoms with van der Waals surface area (Å²) >= 11 is 0. The Hall–Kier alpha value is -7.63. The highest BCUT2D eigenvalue weighted by Gasteiger charge is 2.19. The SMILES string of the molecule is c1ccc(-c2nc(-c3ccccc3)nc(-c3ccc4c(c3)oc3cc5c6ccccc6n(-c6ccc7c8ccccc8c8ccccc8c7c6)c5cc34)n2)cc1. The Morgan fingerprint density at radius 3 is 1.45 bits per heavy atom. The van der Waals surface area contributed by atoms with Gasteiger partial charge in [0.2, 0.25) is 0 Å². The van der Waals surface area contributed by atoms with Crippen molar-refractivity contribution in [1.82, 2.24) is 19.5 Å². The lowest BCUT2D eigenvalue weighted by Crippen LogP contribution is -2.00. The minimum atomic E-state index is 0.597. The molecule has 0 radical (unpaired) electrons. The summed E-state index contributed by atoms with van der Waals surface area (Å²) in [7, 11) is 0. The van der Waals surface area contributed by atoms with Crippen molar-refractivity contribution in [3.8, 4) is 39.9 Å². The lowest BCUT2D eigenvalue weighted by atomic mass is 9.94. The average Bonchev–Trinajstić information content (AvgIpc) is 3.80. The van der Waals surface area contributed by atoms with Crippen LogP contribution in [-0.2, 0) is 0 Å². The molecule has 9 aromatic carbocycles. The maximum Gasteiger partial charge on any atom is 0.164 e. The normalized spacial score (nSPS) is 11.9. The van der Waals surface area contributed by atoms with Crippen molar-refractivity contribution in [3.63, 3.8) is 0 Å². The lowest BCUT2D eigenvalue weighted by Gasteiger charge is -2.13. The Labute approximate surface area is 320 Å². The molecule has 0 amide bonds. The maximum absolute atomic E-state index is 6.68. The molecule has 0 aliphatic carbocycles. The summed E-state index contributed by atoms with van der Waals surface area (Å²) in [6, 6.07) is 64.0. The van der Waals surface area contributed by atoms with Gasteiger partial charge in [-0.2, -0.15) is 0 Å². The fourth-order valence-electron chi connectivity index (χ4n) is 8.63. The van der Waals surface area contributed by atoms with Gasteiger partial charge in [-0.25, -0.2) is 15.0 Å². The van der Waals surface area contributed by atoms with Gasteiger partial charge in [0.05, 0.1) is 11.0 Å². The van der Waals surface area contributed by atoms with Crippen LogP contribution in [0.1, 0.15) is 0 Å². The molecule has 0 aliphatic rings. The third-order valence-corrected chi connectivity index (χ3v) is 11.2. The molecule has 3 heterocycles. The summed E-state index contributed by atoms with van der Waals surface area (Å²) in [6.45, 7) is 0. The van der Waals surface area contributed by atoms with Crippen LogP contribution in [0.15, 0.2) is 186 Å². The summed E-state index contributed by atoms with van der Waals surface area (Å²) in [5.41, 5.74) is 7.77. The smallest absolute Gasteiger partial charge is 0.164 e. The molecule has 260 valence electrons. The van der Waals surface area contributed by atoms with E-state index in [1.165, 1.54) is 37.7 Å². The van der Waals surface area contributed by atoms with Gasteiger partial charge in [-0.3, -0.25) is 0 Å². The summed E-state index contributed by atoms with van der Waals surface area (Å²) in [5.74, 6) is 1.85. The highest BCUT2D eigenvalue weighted by molar-refractivity contribution is 6.26. The van der Waals surface area contributed by atoms with E-state index in [2.05, 4.69) is 126 Å². The Morgan fingerprint density at radius 1 is 0.304 bits per heavy atom. The number of hydrogen-bond donors (Lipinski definition) is 0. The van der Waals surface area contributed by atoms with Gasteiger partial charge in [0, 0.05) is 43.9 Å². The molecule has 0 N–H and O–H groups in total. The number of benzene rings is 9. The van der Waals surface area contributed by atoms with Crippen LogP contribution in [0.5, 0.6) is 0 Å². The number of rotatable bonds is 4. The van der Waals surface area contributed by atoms with Gasteiger partial charge in [0.25, 0.3) is 0 Å². The zero-order valence-corrected chi connectivity index (χ0v) is 30.0. The first-order chi connectivity index (χ1) is 27.7. The average molecular weight is 715 g/mol. The molecule has 0 unspecified atom stereocenters. The number of furan rings is 1. The first kappa shape index (κ1) is 30.8. The van der Waals surface area contributed by atoms with Crippen LogP contribution in [-0.4, -0.2) is 19.5 Å². The predicted molar refractivity (Wildman–Crippen MR) is 230 cm³/mol. The van der Waals surface area contributed by atoms with E-state index in [1.807, 2.05) is 60.7 Å². The molecule has 12 aromatic rings. The second kappa shape index (κ2) is 11.9.